The van der Waals surface area contributed by atoms with Gasteiger partial charge in [0, 0.05) is 16.4 Å². The van der Waals surface area contributed by atoms with Crippen LogP contribution in [0, 0.1) is 0 Å². The summed E-state index contributed by atoms with van der Waals surface area (Å²) >= 11 is 12.1. The van der Waals surface area contributed by atoms with E-state index in [2.05, 4.69) is 21.2 Å². The molecule has 0 saturated heterocycles. The molecule has 35 heavy (non-hydrogen) atoms. The summed E-state index contributed by atoms with van der Waals surface area (Å²) in [5.74, 6) is -1.86. The second-order valence-corrected chi connectivity index (χ2v) is 7.74. The van der Waals surface area contributed by atoms with Gasteiger partial charge < -0.3 is 20.1 Å². The van der Waals surface area contributed by atoms with Crippen molar-refractivity contribution in [3.8, 4) is 11.5 Å². The van der Waals surface area contributed by atoms with Crippen LogP contribution in [-0.4, -0.2) is 37.7 Å². The first-order valence-electron chi connectivity index (χ1n) is 10.1. The maximum atomic E-state index is 12.1. The van der Waals surface area contributed by atoms with Crippen LogP contribution in [0.3, 0.4) is 0 Å². The van der Waals surface area contributed by atoms with E-state index in [9.17, 15) is 14.4 Å². The molecule has 180 valence electrons. The molecule has 0 aliphatic rings. The van der Waals surface area contributed by atoms with Crippen LogP contribution in [0.15, 0.2) is 71.8 Å². The maximum absolute atomic E-state index is 12.1. The number of ether oxygens (including phenoxy) is 2. The minimum Gasteiger partial charge on any atom is -0.493 e. The SMILES string of the molecule is COc1cc(/C=N\NC(=O)C(=O)Nc2cccc(Cl)c2)cc(Cl)c1OCC(=O)Nc1ccccc1. The number of rotatable bonds is 8. The molecular formula is C24H20Cl2N4O5. The maximum Gasteiger partial charge on any atom is 0.329 e. The number of hydrazone groups is 1. The van der Waals surface area contributed by atoms with Crippen molar-refractivity contribution in [2.45, 2.75) is 0 Å². The van der Waals surface area contributed by atoms with Crippen LogP contribution in [0.1, 0.15) is 5.56 Å². The molecular weight excluding hydrogens is 495 g/mol. The van der Waals surface area contributed by atoms with Crippen molar-refractivity contribution in [1.82, 2.24) is 5.43 Å². The summed E-state index contributed by atoms with van der Waals surface area (Å²) in [6.45, 7) is -0.295. The Morgan fingerprint density at radius 1 is 0.914 bits per heavy atom. The Labute approximate surface area is 211 Å². The fourth-order valence-corrected chi connectivity index (χ4v) is 3.24. The first kappa shape index (κ1) is 25.5. The molecule has 0 atom stereocenters. The topological polar surface area (TPSA) is 118 Å². The fourth-order valence-electron chi connectivity index (χ4n) is 2.78. The van der Waals surface area contributed by atoms with Gasteiger partial charge in [0.15, 0.2) is 18.1 Å². The second-order valence-electron chi connectivity index (χ2n) is 6.90. The number of halogens is 2. The van der Waals surface area contributed by atoms with E-state index in [0.717, 1.165) is 0 Å². The Morgan fingerprint density at radius 3 is 2.37 bits per heavy atom. The second kappa shape index (κ2) is 12.4. The summed E-state index contributed by atoms with van der Waals surface area (Å²) in [6.07, 6.45) is 1.27. The van der Waals surface area contributed by atoms with E-state index in [1.54, 1.807) is 42.5 Å². The van der Waals surface area contributed by atoms with E-state index in [0.29, 0.717) is 22.0 Å². The summed E-state index contributed by atoms with van der Waals surface area (Å²) in [4.78, 5) is 36.1. The number of nitrogens with zero attached hydrogens (tertiary/aromatic N) is 1. The van der Waals surface area contributed by atoms with Gasteiger partial charge in [0.1, 0.15) is 0 Å². The van der Waals surface area contributed by atoms with E-state index in [4.69, 9.17) is 32.7 Å². The number of hydrogen-bond acceptors (Lipinski definition) is 6. The molecule has 0 unspecified atom stereocenters. The Kier molecular flexibility index (Phi) is 9.05. The number of carbonyl (C=O) groups excluding carboxylic acids is 3. The molecule has 3 aromatic carbocycles. The molecule has 0 heterocycles. The van der Waals surface area contributed by atoms with E-state index in [1.807, 2.05) is 6.07 Å². The highest BCUT2D eigenvalue weighted by Gasteiger charge is 2.15. The van der Waals surface area contributed by atoms with Gasteiger partial charge in [0.25, 0.3) is 5.91 Å². The van der Waals surface area contributed by atoms with Gasteiger partial charge >= 0.3 is 11.8 Å². The fraction of sp³-hybridized carbons (Fsp3) is 0.0833. The van der Waals surface area contributed by atoms with Crippen LogP contribution in [-0.2, 0) is 14.4 Å². The number of methoxy groups -OCH3 is 1. The average molecular weight is 515 g/mol. The van der Waals surface area contributed by atoms with Crippen molar-refractivity contribution in [3.63, 3.8) is 0 Å². The van der Waals surface area contributed by atoms with Crippen molar-refractivity contribution in [2.75, 3.05) is 24.4 Å². The highest BCUT2D eigenvalue weighted by atomic mass is 35.5. The minimum atomic E-state index is -0.983. The third-order valence-electron chi connectivity index (χ3n) is 4.33. The molecule has 11 heteroatoms. The van der Waals surface area contributed by atoms with Gasteiger partial charge in [-0.2, -0.15) is 5.10 Å². The van der Waals surface area contributed by atoms with Crippen molar-refractivity contribution >= 4 is 58.5 Å². The predicted octanol–water partition coefficient (Wildman–Crippen LogP) is 4.11. The molecule has 3 N–H and O–H groups in total. The van der Waals surface area contributed by atoms with Gasteiger partial charge in [-0.15, -0.1) is 0 Å². The van der Waals surface area contributed by atoms with Crippen LogP contribution in [0.25, 0.3) is 0 Å². The molecule has 3 amide bonds. The first-order valence-corrected chi connectivity index (χ1v) is 10.9. The highest BCUT2D eigenvalue weighted by molar-refractivity contribution is 6.39. The van der Waals surface area contributed by atoms with Gasteiger partial charge in [0.05, 0.1) is 18.3 Å². The number of nitrogens with one attached hydrogen (secondary N) is 3. The van der Waals surface area contributed by atoms with Crippen LogP contribution in [0.5, 0.6) is 11.5 Å². The third kappa shape index (κ3) is 7.73. The Morgan fingerprint density at radius 2 is 1.66 bits per heavy atom. The molecule has 3 aromatic rings. The summed E-state index contributed by atoms with van der Waals surface area (Å²) in [5, 5.41) is 9.43. The normalized spacial score (nSPS) is 10.5. The van der Waals surface area contributed by atoms with Gasteiger partial charge in [0.2, 0.25) is 0 Å². The highest BCUT2D eigenvalue weighted by Crippen LogP contribution is 2.36. The molecule has 0 radical (unpaired) electrons. The van der Waals surface area contributed by atoms with Gasteiger partial charge in [-0.1, -0.05) is 47.5 Å². The van der Waals surface area contributed by atoms with E-state index < -0.39 is 11.8 Å². The quantitative estimate of drug-likeness (QED) is 0.237. The van der Waals surface area contributed by atoms with Crippen LogP contribution >= 0.6 is 23.2 Å². The summed E-state index contributed by atoms with van der Waals surface area (Å²) in [5.41, 5.74) is 3.57. The van der Waals surface area contributed by atoms with Gasteiger partial charge in [-0.3, -0.25) is 14.4 Å². The molecule has 0 bridgehead atoms. The van der Waals surface area contributed by atoms with E-state index in [1.165, 1.54) is 31.5 Å². The van der Waals surface area contributed by atoms with Crippen molar-refractivity contribution in [2.24, 2.45) is 5.10 Å². The average Bonchev–Trinajstić information content (AvgIpc) is 2.83. The zero-order valence-electron chi connectivity index (χ0n) is 18.4. The summed E-state index contributed by atoms with van der Waals surface area (Å²) < 4.78 is 10.8. The van der Waals surface area contributed by atoms with Crippen molar-refractivity contribution < 1.29 is 23.9 Å². The largest absolute Gasteiger partial charge is 0.493 e. The van der Waals surface area contributed by atoms with Crippen LogP contribution < -0.4 is 25.5 Å². The van der Waals surface area contributed by atoms with Crippen molar-refractivity contribution in [1.29, 1.82) is 0 Å². The number of para-hydroxylation sites is 1. The molecule has 0 aliphatic heterocycles. The summed E-state index contributed by atoms with van der Waals surface area (Å²) in [7, 11) is 1.41. The molecule has 0 aromatic heterocycles. The lowest BCUT2D eigenvalue weighted by Gasteiger charge is -2.13. The zero-order chi connectivity index (χ0) is 25.2. The standard InChI is InChI=1S/C24H20Cl2N4O5/c1-34-20-11-15(13-27-30-24(33)23(32)29-18-9-5-6-16(25)12-18)10-19(26)22(20)35-14-21(31)28-17-7-3-2-4-8-17/h2-13H,14H2,1H3,(H,28,31)(H,29,32)(H,30,33)/b27-13-. The number of carbonyl (C=O) groups is 3. The van der Waals surface area contributed by atoms with E-state index >= 15 is 0 Å². The molecule has 0 aliphatic carbocycles. The predicted molar refractivity (Wildman–Crippen MR) is 134 cm³/mol. The van der Waals surface area contributed by atoms with Gasteiger partial charge in [-0.05, 0) is 48.0 Å². The molecule has 0 spiro atoms. The Hall–Kier alpha value is -4.08. The number of amides is 3. The number of benzene rings is 3. The van der Waals surface area contributed by atoms with Gasteiger partial charge in [-0.25, -0.2) is 5.43 Å². The van der Waals surface area contributed by atoms with Crippen molar-refractivity contribution in [3.05, 3.63) is 82.3 Å². The summed E-state index contributed by atoms with van der Waals surface area (Å²) in [6, 6.07) is 18.3. The third-order valence-corrected chi connectivity index (χ3v) is 4.84. The zero-order valence-corrected chi connectivity index (χ0v) is 19.9. The first-order chi connectivity index (χ1) is 16.9. The van der Waals surface area contributed by atoms with Crippen LogP contribution in [0.2, 0.25) is 10.0 Å². The smallest absolute Gasteiger partial charge is 0.329 e. The number of anilines is 2. The molecule has 9 nitrogen and oxygen atoms in total. The molecule has 3 rings (SSSR count). The lowest BCUT2D eigenvalue weighted by molar-refractivity contribution is -0.136. The Balaban J connectivity index is 1.58. The van der Waals surface area contributed by atoms with Crippen LogP contribution in [0.4, 0.5) is 11.4 Å². The lowest BCUT2D eigenvalue weighted by Crippen LogP contribution is -2.32. The molecule has 0 fully saturated rings. The monoisotopic (exact) mass is 514 g/mol. The minimum absolute atomic E-state index is 0.156. The lowest BCUT2D eigenvalue weighted by atomic mass is 10.2. The Bertz CT molecular complexity index is 1250. The molecule has 0 saturated carbocycles. The number of hydrogen-bond donors (Lipinski definition) is 3. The van der Waals surface area contributed by atoms with E-state index in [-0.39, 0.29) is 29.0 Å².